The molecule has 0 radical (unpaired) electrons. The van der Waals surface area contributed by atoms with Gasteiger partial charge in [0.05, 0.1) is 36.1 Å². The van der Waals surface area contributed by atoms with E-state index < -0.39 is 27.4 Å². The van der Waals surface area contributed by atoms with Crippen molar-refractivity contribution in [1.29, 1.82) is 0 Å². The van der Waals surface area contributed by atoms with Gasteiger partial charge in [-0.1, -0.05) is 18.2 Å². The smallest absolute Gasteiger partial charge is 0.307 e. The van der Waals surface area contributed by atoms with Crippen LogP contribution in [-0.4, -0.2) is 45.9 Å². The number of rotatable bonds is 9. The van der Waals surface area contributed by atoms with Crippen molar-refractivity contribution in [3.63, 3.8) is 0 Å². The van der Waals surface area contributed by atoms with Crippen LogP contribution in [0.5, 0.6) is 11.5 Å². The molecule has 21 heavy (non-hydrogen) atoms. The van der Waals surface area contributed by atoms with Crippen LogP contribution in [0.15, 0.2) is 18.2 Å². The average Bonchev–Trinajstić information content (AvgIpc) is 2.45. The van der Waals surface area contributed by atoms with Gasteiger partial charge >= 0.3 is 11.9 Å². The zero-order valence-corrected chi connectivity index (χ0v) is 13.6. The molecule has 0 aliphatic carbocycles. The highest BCUT2D eigenvalue weighted by atomic mass is 28.2. The topological polar surface area (TPSA) is 93.1 Å². The zero-order chi connectivity index (χ0) is 15.8. The normalized spacial score (nSPS) is 12.3. The van der Waals surface area contributed by atoms with Crippen molar-refractivity contribution in [3.8, 4) is 11.5 Å². The number of hydrogen-bond donors (Lipinski definition) is 2. The van der Waals surface area contributed by atoms with Gasteiger partial charge in [0.1, 0.15) is 0 Å². The van der Waals surface area contributed by atoms with Gasteiger partial charge in [-0.3, -0.25) is 9.59 Å². The summed E-state index contributed by atoms with van der Waals surface area (Å²) in [5, 5.41) is 18.8. The average molecular weight is 312 g/mol. The van der Waals surface area contributed by atoms with E-state index in [1.807, 2.05) is 12.1 Å². The standard InChI is InChI=1S/C14H20O6Si/c1-19-10-4-3-5-11(13(10)20-2)21-7-6-9(14(17)18)8-12(15)16/h3-5,9H,6-8,21H2,1-2H3,(H,15,16)(H,17,18). The Hall–Kier alpha value is -2.02. The Kier molecular flexibility index (Phi) is 6.74. The van der Waals surface area contributed by atoms with Crippen LogP contribution in [0.4, 0.5) is 0 Å². The van der Waals surface area contributed by atoms with E-state index >= 15 is 0 Å². The van der Waals surface area contributed by atoms with Crippen LogP contribution in [0, 0.1) is 5.92 Å². The minimum absolute atomic E-state index is 0.334. The van der Waals surface area contributed by atoms with Gasteiger partial charge in [-0.05, 0) is 17.7 Å². The molecule has 1 atom stereocenters. The molecule has 0 fully saturated rings. The monoisotopic (exact) mass is 312 g/mol. The number of aliphatic carboxylic acids is 2. The molecule has 0 aliphatic rings. The Balaban J connectivity index is 2.66. The highest BCUT2D eigenvalue weighted by Gasteiger charge is 2.21. The molecule has 7 heteroatoms. The largest absolute Gasteiger partial charge is 0.493 e. The SMILES string of the molecule is COc1cccc([SiH2]CCC(CC(=O)O)C(=O)O)c1OC. The van der Waals surface area contributed by atoms with Gasteiger partial charge in [0, 0.05) is 0 Å². The Morgan fingerprint density at radius 3 is 2.48 bits per heavy atom. The molecule has 1 rings (SSSR count). The fourth-order valence-corrected chi connectivity index (χ4v) is 4.14. The summed E-state index contributed by atoms with van der Waals surface area (Å²) in [4.78, 5) is 21.7. The molecule has 6 nitrogen and oxygen atoms in total. The number of hydrogen-bond acceptors (Lipinski definition) is 4. The summed E-state index contributed by atoms with van der Waals surface area (Å²) < 4.78 is 10.6. The lowest BCUT2D eigenvalue weighted by molar-refractivity contribution is -0.148. The van der Waals surface area contributed by atoms with Crippen molar-refractivity contribution < 1.29 is 29.3 Å². The summed E-state index contributed by atoms with van der Waals surface area (Å²) in [7, 11) is 2.38. The van der Waals surface area contributed by atoms with Crippen LogP contribution in [0.2, 0.25) is 6.04 Å². The zero-order valence-electron chi connectivity index (χ0n) is 12.2. The molecular formula is C14H20O6Si. The van der Waals surface area contributed by atoms with Crippen LogP contribution in [0.25, 0.3) is 0 Å². The van der Waals surface area contributed by atoms with Gasteiger partial charge in [0.25, 0.3) is 0 Å². The maximum Gasteiger partial charge on any atom is 0.307 e. The summed E-state index contributed by atoms with van der Waals surface area (Å²) in [5.41, 5.74) is 0. The Morgan fingerprint density at radius 2 is 1.95 bits per heavy atom. The first-order valence-electron chi connectivity index (χ1n) is 6.64. The first-order chi connectivity index (χ1) is 9.99. The van der Waals surface area contributed by atoms with E-state index in [1.54, 1.807) is 20.3 Å². The Morgan fingerprint density at radius 1 is 1.24 bits per heavy atom. The number of methoxy groups -OCH3 is 2. The molecule has 0 amide bonds. The first kappa shape index (κ1) is 17.0. The molecule has 1 aromatic rings. The second kappa shape index (κ2) is 8.31. The third-order valence-electron chi connectivity index (χ3n) is 3.25. The lowest BCUT2D eigenvalue weighted by Gasteiger charge is -2.13. The van der Waals surface area contributed by atoms with E-state index in [0.717, 1.165) is 5.19 Å². The number of carboxylic acid groups (broad SMARTS) is 2. The molecule has 0 aliphatic heterocycles. The van der Waals surface area contributed by atoms with E-state index in [4.69, 9.17) is 19.7 Å². The predicted molar refractivity (Wildman–Crippen MR) is 80.5 cm³/mol. The molecule has 116 valence electrons. The number of carboxylic acids is 2. The molecule has 0 aromatic heterocycles. The summed E-state index contributed by atoms with van der Waals surface area (Å²) in [6, 6.07) is 6.32. The minimum Gasteiger partial charge on any atom is -0.493 e. The minimum atomic E-state index is -1.08. The molecule has 1 aromatic carbocycles. The van der Waals surface area contributed by atoms with E-state index in [9.17, 15) is 9.59 Å². The molecule has 0 saturated heterocycles. The van der Waals surface area contributed by atoms with Crippen LogP contribution in [0.1, 0.15) is 12.8 Å². The number of carbonyl (C=O) groups is 2. The highest BCUT2D eigenvalue weighted by molar-refractivity contribution is 6.54. The second-order valence-corrected chi connectivity index (χ2v) is 6.65. The van der Waals surface area contributed by atoms with Crippen LogP contribution < -0.4 is 14.7 Å². The number of para-hydroxylation sites is 1. The molecule has 0 bridgehead atoms. The van der Waals surface area contributed by atoms with Crippen molar-refractivity contribution in [2.75, 3.05) is 14.2 Å². The number of benzene rings is 1. The fraction of sp³-hybridized carbons (Fsp3) is 0.429. The van der Waals surface area contributed by atoms with Crippen LogP contribution in [0.3, 0.4) is 0 Å². The van der Waals surface area contributed by atoms with Crippen molar-refractivity contribution in [3.05, 3.63) is 18.2 Å². The van der Waals surface area contributed by atoms with Gasteiger partial charge in [0.15, 0.2) is 11.5 Å². The van der Waals surface area contributed by atoms with Crippen molar-refractivity contribution >= 4 is 26.6 Å². The van der Waals surface area contributed by atoms with E-state index in [0.29, 0.717) is 24.0 Å². The van der Waals surface area contributed by atoms with E-state index in [-0.39, 0.29) is 6.42 Å². The van der Waals surface area contributed by atoms with Gasteiger partial charge < -0.3 is 19.7 Å². The quantitative estimate of drug-likeness (QED) is 0.644. The molecule has 1 unspecified atom stereocenters. The van der Waals surface area contributed by atoms with Gasteiger partial charge in [0.2, 0.25) is 0 Å². The first-order valence-corrected chi connectivity index (χ1v) is 8.34. The van der Waals surface area contributed by atoms with Crippen molar-refractivity contribution in [2.24, 2.45) is 5.92 Å². The third-order valence-corrected chi connectivity index (χ3v) is 5.11. The summed E-state index contributed by atoms with van der Waals surface area (Å²) in [6.45, 7) is 0. The van der Waals surface area contributed by atoms with Crippen molar-refractivity contribution in [1.82, 2.24) is 0 Å². The predicted octanol–water partition coefficient (Wildman–Crippen LogP) is 0.482. The lowest BCUT2D eigenvalue weighted by Crippen LogP contribution is -2.22. The Labute approximate surface area is 125 Å². The van der Waals surface area contributed by atoms with Crippen molar-refractivity contribution in [2.45, 2.75) is 18.9 Å². The molecule has 0 saturated carbocycles. The van der Waals surface area contributed by atoms with Gasteiger partial charge in [-0.25, -0.2) is 0 Å². The summed E-state index contributed by atoms with van der Waals surface area (Å²) >= 11 is 0. The summed E-state index contributed by atoms with van der Waals surface area (Å²) in [6.07, 6.45) is 0.0349. The van der Waals surface area contributed by atoms with Crippen LogP contribution >= 0.6 is 0 Å². The van der Waals surface area contributed by atoms with E-state index in [1.165, 1.54) is 0 Å². The molecule has 0 spiro atoms. The maximum atomic E-state index is 11.0. The highest BCUT2D eigenvalue weighted by Crippen LogP contribution is 2.23. The lowest BCUT2D eigenvalue weighted by atomic mass is 10.0. The van der Waals surface area contributed by atoms with Gasteiger partial charge in [-0.15, -0.1) is 0 Å². The molecule has 2 N–H and O–H groups in total. The summed E-state index contributed by atoms with van der Waals surface area (Å²) in [5.74, 6) is -1.61. The fourth-order valence-electron chi connectivity index (χ4n) is 2.21. The van der Waals surface area contributed by atoms with E-state index in [2.05, 4.69) is 0 Å². The second-order valence-electron chi connectivity index (χ2n) is 4.68. The molecular weight excluding hydrogens is 292 g/mol. The molecule has 0 heterocycles. The van der Waals surface area contributed by atoms with Gasteiger partial charge in [-0.2, -0.15) is 0 Å². The van der Waals surface area contributed by atoms with Crippen LogP contribution in [-0.2, 0) is 9.59 Å². The Bertz CT molecular complexity index is 502. The maximum absolute atomic E-state index is 11.0. The number of ether oxygens (including phenoxy) is 2. The third kappa shape index (κ3) is 5.11.